The molecule has 1 heterocycles. The maximum Gasteiger partial charge on any atom is 0.0399 e. The van der Waals surface area contributed by atoms with Crippen molar-refractivity contribution in [3.63, 3.8) is 0 Å². The quantitative estimate of drug-likeness (QED) is 0.879. The molecule has 0 amide bonds. The lowest BCUT2D eigenvalue weighted by molar-refractivity contribution is 0.253. The van der Waals surface area contributed by atoms with Gasteiger partial charge >= 0.3 is 0 Å². The highest BCUT2D eigenvalue weighted by Gasteiger charge is 2.21. The Morgan fingerprint density at radius 1 is 1.28 bits per heavy atom. The number of benzene rings is 1. The molecule has 0 saturated carbocycles. The summed E-state index contributed by atoms with van der Waals surface area (Å²) in [6, 6.07) is 9.33. The van der Waals surface area contributed by atoms with Crippen LogP contribution in [0.2, 0.25) is 0 Å². The molecule has 18 heavy (non-hydrogen) atoms. The third kappa shape index (κ3) is 3.03. The molecule has 1 aromatic carbocycles. The number of anilines is 1. The number of para-hydroxylation sites is 1. The molecular formula is C15H25N3. The van der Waals surface area contributed by atoms with Crippen molar-refractivity contribution >= 4 is 5.69 Å². The lowest BCUT2D eigenvalue weighted by Gasteiger charge is -2.37. The molecule has 100 valence electrons. The fourth-order valence-corrected chi connectivity index (χ4v) is 2.80. The predicted molar refractivity (Wildman–Crippen MR) is 78.1 cm³/mol. The smallest absolute Gasteiger partial charge is 0.0399 e. The number of nitrogens with zero attached hydrogens (tertiary/aromatic N) is 2. The third-order valence-corrected chi connectivity index (χ3v) is 4.02. The van der Waals surface area contributed by atoms with Gasteiger partial charge in [0.25, 0.3) is 0 Å². The van der Waals surface area contributed by atoms with E-state index in [4.69, 9.17) is 5.73 Å². The Hall–Kier alpha value is -1.06. The minimum absolute atomic E-state index is 0.667. The van der Waals surface area contributed by atoms with Crippen LogP contribution in [0.15, 0.2) is 24.3 Å². The van der Waals surface area contributed by atoms with E-state index in [2.05, 4.69) is 48.2 Å². The second-order valence-electron chi connectivity index (χ2n) is 5.31. The second-order valence-corrected chi connectivity index (χ2v) is 5.31. The predicted octanol–water partition coefficient (Wildman–Crippen LogP) is 1.72. The van der Waals surface area contributed by atoms with Crippen LogP contribution in [0.4, 0.5) is 5.69 Å². The zero-order valence-electron chi connectivity index (χ0n) is 11.6. The lowest BCUT2D eigenvalue weighted by atomic mass is 10.0. The van der Waals surface area contributed by atoms with Gasteiger partial charge in [-0.2, -0.15) is 0 Å². The van der Waals surface area contributed by atoms with Crippen LogP contribution in [0.5, 0.6) is 0 Å². The first kappa shape index (κ1) is 13.4. The van der Waals surface area contributed by atoms with E-state index in [0.29, 0.717) is 6.04 Å². The van der Waals surface area contributed by atoms with E-state index in [0.717, 1.165) is 13.0 Å². The van der Waals surface area contributed by atoms with Crippen LogP contribution in [0.3, 0.4) is 0 Å². The zero-order chi connectivity index (χ0) is 13.0. The zero-order valence-corrected chi connectivity index (χ0v) is 11.6. The van der Waals surface area contributed by atoms with Crippen molar-refractivity contribution in [2.45, 2.75) is 25.3 Å². The Bertz CT molecular complexity index is 370. The van der Waals surface area contributed by atoms with Crippen LogP contribution >= 0.6 is 0 Å². The largest absolute Gasteiger partial charge is 0.371 e. The van der Waals surface area contributed by atoms with Crippen molar-refractivity contribution in [3.05, 3.63) is 29.8 Å². The van der Waals surface area contributed by atoms with Crippen LogP contribution < -0.4 is 10.6 Å². The molecule has 1 aliphatic heterocycles. The molecular weight excluding hydrogens is 222 g/mol. The van der Waals surface area contributed by atoms with E-state index in [1.807, 2.05) is 0 Å². The lowest BCUT2D eigenvalue weighted by Crippen LogP contribution is -2.42. The Morgan fingerprint density at radius 2 is 1.94 bits per heavy atom. The summed E-state index contributed by atoms with van der Waals surface area (Å²) in [7, 11) is 4.43. The summed E-state index contributed by atoms with van der Waals surface area (Å²) in [6.45, 7) is 3.13. The average Bonchev–Trinajstić information content (AvgIpc) is 2.40. The highest BCUT2D eigenvalue weighted by Crippen LogP contribution is 2.25. The molecule has 1 aromatic rings. The number of likely N-dealkylation sites (tertiary alicyclic amines) is 1. The summed E-state index contributed by atoms with van der Waals surface area (Å²) < 4.78 is 0. The van der Waals surface area contributed by atoms with Crippen LogP contribution in [-0.2, 0) is 6.42 Å². The van der Waals surface area contributed by atoms with Crippen molar-refractivity contribution in [2.75, 3.05) is 38.6 Å². The van der Waals surface area contributed by atoms with E-state index in [1.54, 1.807) is 0 Å². The Kier molecular flexibility index (Phi) is 4.61. The number of piperidine rings is 1. The Morgan fingerprint density at radius 3 is 2.61 bits per heavy atom. The molecule has 2 N–H and O–H groups in total. The first-order chi connectivity index (χ1) is 8.72. The highest BCUT2D eigenvalue weighted by atomic mass is 15.2. The third-order valence-electron chi connectivity index (χ3n) is 4.02. The summed E-state index contributed by atoms with van der Waals surface area (Å²) in [5, 5.41) is 0. The summed E-state index contributed by atoms with van der Waals surface area (Å²) in [4.78, 5) is 4.87. The van der Waals surface area contributed by atoms with E-state index in [-0.39, 0.29) is 0 Å². The molecule has 0 unspecified atom stereocenters. The normalized spacial score (nSPS) is 17.9. The number of rotatable bonds is 4. The average molecular weight is 247 g/mol. The van der Waals surface area contributed by atoms with Gasteiger partial charge in [0.05, 0.1) is 0 Å². The van der Waals surface area contributed by atoms with Gasteiger partial charge in [-0.3, -0.25) is 0 Å². The van der Waals surface area contributed by atoms with Crippen molar-refractivity contribution in [1.82, 2.24) is 4.90 Å². The number of hydrogen-bond donors (Lipinski definition) is 1. The maximum absolute atomic E-state index is 5.70. The monoisotopic (exact) mass is 247 g/mol. The first-order valence-electron chi connectivity index (χ1n) is 6.91. The second kappa shape index (κ2) is 6.21. The molecule has 0 aromatic heterocycles. The van der Waals surface area contributed by atoms with Gasteiger partial charge in [0.1, 0.15) is 0 Å². The summed E-state index contributed by atoms with van der Waals surface area (Å²) in [6.07, 6.45) is 3.47. The summed E-state index contributed by atoms with van der Waals surface area (Å²) in [5.74, 6) is 0. The molecule has 1 fully saturated rings. The van der Waals surface area contributed by atoms with Gasteiger partial charge in [0.2, 0.25) is 0 Å². The molecule has 0 bridgehead atoms. The maximum atomic E-state index is 5.70. The summed E-state index contributed by atoms with van der Waals surface area (Å²) in [5.41, 5.74) is 8.44. The molecule has 0 atom stereocenters. The molecule has 0 radical (unpaired) electrons. The standard InChI is InChI=1S/C15H25N3/c1-17-11-8-14(9-12-17)18(2)15-6-4-3-5-13(15)7-10-16/h3-6,14H,7-12,16H2,1-2H3. The molecule has 3 heteroatoms. The highest BCUT2D eigenvalue weighted by molar-refractivity contribution is 5.54. The van der Waals surface area contributed by atoms with Crippen LogP contribution in [-0.4, -0.2) is 44.7 Å². The SMILES string of the molecule is CN1CCC(N(C)c2ccccc2CCN)CC1. The van der Waals surface area contributed by atoms with Gasteiger partial charge in [-0.25, -0.2) is 0 Å². The van der Waals surface area contributed by atoms with Gasteiger partial charge in [0.15, 0.2) is 0 Å². The fourth-order valence-electron chi connectivity index (χ4n) is 2.80. The molecule has 3 nitrogen and oxygen atoms in total. The Balaban J connectivity index is 2.10. The van der Waals surface area contributed by atoms with Crippen LogP contribution in [0.25, 0.3) is 0 Å². The minimum atomic E-state index is 0.667. The van der Waals surface area contributed by atoms with Gasteiger partial charge in [-0.1, -0.05) is 18.2 Å². The van der Waals surface area contributed by atoms with Crippen LogP contribution in [0.1, 0.15) is 18.4 Å². The molecule has 0 spiro atoms. The van der Waals surface area contributed by atoms with Gasteiger partial charge in [-0.15, -0.1) is 0 Å². The van der Waals surface area contributed by atoms with Crippen molar-refractivity contribution in [3.8, 4) is 0 Å². The number of hydrogen-bond acceptors (Lipinski definition) is 3. The van der Waals surface area contributed by atoms with Gasteiger partial charge in [0, 0.05) is 18.8 Å². The molecule has 1 saturated heterocycles. The van der Waals surface area contributed by atoms with Crippen molar-refractivity contribution in [2.24, 2.45) is 5.73 Å². The molecule has 2 rings (SSSR count). The van der Waals surface area contributed by atoms with E-state index < -0.39 is 0 Å². The Labute approximate surface area is 111 Å². The van der Waals surface area contributed by atoms with Crippen LogP contribution in [0, 0.1) is 0 Å². The summed E-state index contributed by atoms with van der Waals surface area (Å²) >= 11 is 0. The van der Waals surface area contributed by atoms with Gasteiger partial charge < -0.3 is 15.5 Å². The first-order valence-corrected chi connectivity index (χ1v) is 6.91. The van der Waals surface area contributed by atoms with Gasteiger partial charge in [-0.05, 0) is 57.6 Å². The van der Waals surface area contributed by atoms with Crippen molar-refractivity contribution in [1.29, 1.82) is 0 Å². The topological polar surface area (TPSA) is 32.5 Å². The minimum Gasteiger partial charge on any atom is -0.371 e. The van der Waals surface area contributed by atoms with Crippen molar-refractivity contribution < 1.29 is 0 Å². The molecule has 0 aliphatic carbocycles. The fraction of sp³-hybridized carbons (Fsp3) is 0.600. The molecule has 1 aliphatic rings. The number of nitrogens with two attached hydrogens (primary N) is 1. The van der Waals surface area contributed by atoms with E-state index >= 15 is 0 Å². The van der Waals surface area contributed by atoms with E-state index in [9.17, 15) is 0 Å². The van der Waals surface area contributed by atoms with E-state index in [1.165, 1.54) is 37.2 Å².